The fraction of sp³-hybridized carbons (Fsp3) is 0. The lowest BCUT2D eigenvalue weighted by atomic mass is 10.1. The number of carboxylic acids is 1. The van der Waals surface area contributed by atoms with E-state index in [4.69, 9.17) is 21.1 Å². The molecule has 29 heavy (non-hydrogen) atoms. The Balaban J connectivity index is 1.54. The molecule has 8 heteroatoms. The van der Waals surface area contributed by atoms with E-state index in [2.05, 4.69) is 10.3 Å². The molecule has 1 aromatic heterocycles. The molecular weight excluding hydrogens is 412 g/mol. The van der Waals surface area contributed by atoms with Crippen molar-refractivity contribution < 1.29 is 19.1 Å². The number of nitrogens with one attached hydrogen (secondary N) is 1. The molecule has 144 valence electrons. The summed E-state index contributed by atoms with van der Waals surface area (Å²) >= 11 is 7.30. The van der Waals surface area contributed by atoms with E-state index in [9.17, 15) is 9.59 Å². The molecule has 2 N–H and O–H groups in total. The average Bonchev–Trinajstić information content (AvgIpc) is 3.31. The molecule has 1 fully saturated rings. The molecule has 6 nitrogen and oxygen atoms in total. The van der Waals surface area contributed by atoms with Gasteiger partial charge in [0.2, 0.25) is 0 Å². The number of carbonyl (C=O) groups is 2. The number of rotatable bonds is 4. The van der Waals surface area contributed by atoms with E-state index in [0.29, 0.717) is 32.3 Å². The molecule has 1 saturated heterocycles. The van der Waals surface area contributed by atoms with Crippen molar-refractivity contribution in [1.29, 1.82) is 0 Å². The number of carbonyl (C=O) groups excluding carboxylic acids is 1. The van der Waals surface area contributed by atoms with Crippen LogP contribution in [0.1, 0.15) is 16.1 Å². The van der Waals surface area contributed by atoms with Gasteiger partial charge in [-0.25, -0.2) is 9.79 Å². The monoisotopic (exact) mass is 424 g/mol. The Kier molecular flexibility index (Phi) is 5.24. The van der Waals surface area contributed by atoms with E-state index in [1.54, 1.807) is 48.5 Å². The normalized spacial score (nSPS) is 16.4. The van der Waals surface area contributed by atoms with Crippen molar-refractivity contribution >= 4 is 52.2 Å². The highest BCUT2D eigenvalue weighted by molar-refractivity contribution is 8.18. The van der Waals surface area contributed by atoms with Crippen LogP contribution in [0.25, 0.3) is 17.4 Å². The third-order valence-corrected chi connectivity index (χ3v) is 5.27. The van der Waals surface area contributed by atoms with Gasteiger partial charge in [0.05, 0.1) is 21.2 Å². The molecule has 1 amide bonds. The lowest BCUT2D eigenvalue weighted by Crippen LogP contribution is -2.19. The number of para-hydroxylation sites is 1. The smallest absolute Gasteiger partial charge is 0.335 e. The van der Waals surface area contributed by atoms with Crippen LogP contribution in [-0.2, 0) is 4.79 Å². The van der Waals surface area contributed by atoms with Gasteiger partial charge < -0.3 is 14.8 Å². The van der Waals surface area contributed by atoms with Crippen molar-refractivity contribution in [3.63, 3.8) is 0 Å². The number of hydrogen-bond acceptors (Lipinski definition) is 5. The first kappa shape index (κ1) is 19.0. The second-order valence-corrected chi connectivity index (χ2v) is 7.46. The molecular formula is C21H13ClN2O4S. The molecule has 2 heterocycles. The summed E-state index contributed by atoms with van der Waals surface area (Å²) in [5, 5.41) is 12.6. The zero-order valence-electron chi connectivity index (χ0n) is 14.8. The lowest BCUT2D eigenvalue weighted by Gasteiger charge is -1.98. The predicted molar refractivity (Wildman–Crippen MR) is 113 cm³/mol. The first-order valence-electron chi connectivity index (χ1n) is 8.47. The second-order valence-electron chi connectivity index (χ2n) is 6.02. The van der Waals surface area contributed by atoms with Gasteiger partial charge in [0.1, 0.15) is 11.5 Å². The number of hydrogen-bond donors (Lipinski definition) is 2. The van der Waals surface area contributed by atoms with Gasteiger partial charge in [0, 0.05) is 11.6 Å². The van der Waals surface area contributed by atoms with Gasteiger partial charge in [-0.15, -0.1) is 0 Å². The molecule has 0 saturated carbocycles. The summed E-state index contributed by atoms with van der Waals surface area (Å²) in [5.74, 6) is -0.189. The first-order chi connectivity index (χ1) is 14.0. The van der Waals surface area contributed by atoms with Gasteiger partial charge in [0.15, 0.2) is 5.17 Å². The van der Waals surface area contributed by atoms with Gasteiger partial charge in [-0.1, -0.05) is 35.9 Å². The van der Waals surface area contributed by atoms with E-state index in [1.807, 2.05) is 6.07 Å². The fourth-order valence-electron chi connectivity index (χ4n) is 2.62. The molecule has 0 unspecified atom stereocenters. The Labute approximate surface area is 174 Å². The van der Waals surface area contributed by atoms with E-state index in [0.717, 1.165) is 5.56 Å². The fourth-order valence-corrected chi connectivity index (χ4v) is 3.62. The number of halogens is 1. The quantitative estimate of drug-likeness (QED) is 0.562. The highest BCUT2D eigenvalue weighted by atomic mass is 35.5. The maximum atomic E-state index is 12.2. The average molecular weight is 425 g/mol. The summed E-state index contributed by atoms with van der Waals surface area (Å²) in [4.78, 5) is 28.0. The second kappa shape index (κ2) is 7.98. The van der Waals surface area contributed by atoms with Crippen molar-refractivity contribution in [2.75, 3.05) is 0 Å². The van der Waals surface area contributed by atoms with Crippen LogP contribution in [0.2, 0.25) is 5.02 Å². The van der Waals surface area contributed by atoms with Crippen molar-refractivity contribution in [2.24, 2.45) is 4.99 Å². The minimum Gasteiger partial charge on any atom is -0.478 e. The number of amides is 1. The van der Waals surface area contributed by atoms with Gasteiger partial charge >= 0.3 is 5.97 Å². The largest absolute Gasteiger partial charge is 0.478 e. The van der Waals surface area contributed by atoms with E-state index < -0.39 is 5.97 Å². The lowest BCUT2D eigenvalue weighted by molar-refractivity contribution is -0.115. The molecule has 4 rings (SSSR count). The third-order valence-electron chi connectivity index (χ3n) is 4.04. The van der Waals surface area contributed by atoms with Crippen molar-refractivity contribution in [2.45, 2.75) is 0 Å². The number of thioether (sulfide) groups is 1. The predicted octanol–water partition coefficient (Wildman–Crippen LogP) is 5.19. The summed E-state index contributed by atoms with van der Waals surface area (Å²) in [7, 11) is 0. The van der Waals surface area contributed by atoms with Crippen LogP contribution in [0.15, 0.2) is 75.0 Å². The van der Waals surface area contributed by atoms with Crippen LogP contribution in [0, 0.1) is 0 Å². The summed E-state index contributed by atoms with van der Waals surface area (Å²) < 4.78 is 5.77. The highest BCUT2D eigenvalue weighted by Gasteiger charge is 2.24. The Morgan fingerprint density at radius 2 is 1.86 bits per heavy atom. The SMILES string of the molecule is O=C1NC(=Nc2ccccc2Cl)S/C1=C/c1ccc(-c2ccc(C(=O)O)cc2)o1. The Bertz CT molecular complexity index is 1170. The number of aromatic carboxylic acids is 1. The van der Waals surface area contributed by atoms with Gasteiger partial charge in [-0.2, -0.15) is 0 Å². The number of aliphatic imine (C=N–C) groups is 1. The Morgan fingerprint density at radius 3 is 2.59 bits per heavy atom. The number of furan rings is 1. The highest BCUT2D eigenvalue weighted by Crippen LogP contribution is 2.32. The van der Waals surface area contributed by atoms with E-state index >= 15 is 0 Å². The van der Waals surface area contributed by atoms with Crippen LogP contribution >= 0.6 is 23.4 Å². The molecule has 3 aromatic rings. The molecule has 0 aliphatic carbocycles. The molecule has 0 bridgehead atoms. The summed E-state index contributed by atoms with van der Waals surface area (Å²) in [6.07, 6.45) is 1.63. The van der Waals surface area contributed by atoms with Crippen LogP contribution in [0.3, 0.4) is 0 Å². The van der Waals surface area contributed by atoms with Crippen molar-refractivity contribution in [3.8, 4) is 11.3 Å². The zero-order valence-corrected chi connectivity index (χ0v) is 16.3. The summed E-state index contributed by atoms with van der Waals surface area (Å²) in [6, 6.07) is 17.0. The summed E-state index contributed by atoms with van der Waals surface area (Å²) in [6.45, 7) is 0. The molecule has 2 aromatic carbocycles. The maximum absolute atomic E-state index is 12.2. The number of carboxylic acid groups (broad SMARTS) is 1. The minimum absolute atomic E-state index is 0.201. The minimum atomic E-state index is -0.986. The van der Waals surface area contributed by atoms with Gasteiger partial charge in [0.25, 0.3) is 5.91 Å². The molecule has 0 spiro atoms. The van der Waals surface area contributed by atoms with Crippen LogP contribution < -0.4 is 5.32 Å². The van der Waals surface area contributed by atoms with Crippen molar-refractivity contribution in [1.82, 2.24) is 5.32 Å². The topological polar surface area (TPSA) is 91.9 Å². The van der Waals surface area contributed by atoms with E-state index in [-0.39, 0.29) is 11.5 Å². The molecule has 0 radical (unpaired) electrons. The van der Waals surface area contributed by atoms with E-state index in [1.165, 1.54) is 23.9 Å². The Hall–Kier alpha value is -3.29. The van der Waals surface area contributed by atoms with Gasteiger partial charge in [-0.05, 0) is 48.2 Å². The number of nitrogens with zero attached hydrogens (tertiary/aromatic N) is 1. The Morgan fingerprint density at radius 1 is 1.10 bits per heavy atom. The van der Waals surface area contributed by atoms with Crippen LogP contribution in [0.4, 0.5) is 5.69 Å². The van der Waals surface area contributed by atoms with Crippen LogP contribution in [0.5, 0.6) is 0 Å². The number of amidine groups is 1. The first-order valence-corrected chi connectivity index (χ1v) is 9.67. The molecule has 1 aliphatic rings. The molecule has 1 aliphatic heterocycles. The maximum Gasteiger partial charge on any atom is 0.335 e. The zero-order chi connectivity index (χ0) is 20.4. The number of benzene rings is 2. The summed E-state index contributed by atoms with van der Waals surface area (Å²) in [5.41, 5.74) is 1.51. The standard InChI is InChI=1S/C21H13ClN2O4S/c22-15-3-1-2-4-16(15)23-21-24-19(25)18(29-21)11-14-9-10-17(28-14)12-5-7-13(8-6-12)20(26)27/h1-11H,(H,26,27)(H,23,24,25)/b18-11+. The van der Waals surface area contributed by atoms with Gasteiger partial charge in [-0.3, -0.25) is 4.79 Å². The molecule has 0 atom stereocenters. The third kappa shape index (κ3) is 4.26. The van der Waals surface area contributed by atoms with Crippen molar-refractivity contribution in [3.05, 3.63) is 81.9 Å². The van der Waals surface area contributed by atoms with Crippen LogP contribution in [-0.4, -0.2) is 22.2 Å².